The van der Waals surface area contributed by atoms with E-state index in [1.165, 1.54) is 0 Å². The third-order valence-corrected chi connectivity index (χ3v) is 2.49. The van der Waals surface area contributed by atoms with Crippen LogP contribution in [0, 0.1) is 0 Å². The molecule has 1 rings (SSSR count). The van der Waals surface area contributed by atoms with Crippen LogP contribution in [0.2, 0.25) is 0 Å². The molecule has 1 aliphatic heterocycles. The molecule has 1 fully saturated rings. The Hall–Kier alpha value is -0.320. The van der Waals surface area contributed by atoms with Crippen molar-refractivity contribution in [3.05, 3.63) is 0 Å². The Morgan fingerprint density at radius 2 is 2.00 bits per heavy atom. The molecule has 2 atom stereocenters. The Kier molecular flexibility index (Phi) is 4.16. The fourth-order valence-corrected chi connectivity index (χ4v) is 1.69. The first kappa shape index (κ1) is 11.8. The number of hydrogen-bond donors (Lipinski definition) is 1. The molecular weight excluding hydrogens is 198 g/mol. The van der Waals surface area contributed by atoms with Gasteiger partial charge in [-0.2, -0.15) is 13.2 Å². The van der Waals surface area contributed by atoms with Gasteiger partial charge in [0.25, 0.3) is 0 Å². The molecule has 0 saturated carbocycles. The Balaban J connectivity index is 2.23. The van der Waals surface area contributed by atoms with Crippen LogP contribution in [0.25, 0.3) is 0 Å². The van der Waals surface area contributed by atoms with Gasteiger partial charge in [-0.1, -0.05) is 6.42 Å². The van der Waals surface area contributed by atoms with Crippen molar-refractivity contribution in [3.8, 4) is 0 Å². The standard InChI is InChI=1S/C9H15F4N/c10-7(4-5-9(11,12)13)8-3-1-2-6-14-8/h7-8,14H,1-6H2. The van der Waals surface area contributed by atoms with Crippen molar-refractivity contribution in [1.29, 1.82) is 0 Å². The van der Waals surface area contributed by atoms with Crippen LogP contribution in [0.5, 0.6) is 0 Å². The van der Waals surface area contributed by atoms with E-state index in [0.29, 0.717) is 6.42 Å². The summed E-state index contributed by atoms with van der Waals surface area (Å²) < 4.78 is 48.6. The topological polar surface area (TPSA) is 12.0 Å². The van der Waals surface area contributed by atoms with Crippen molar-refractivity contribution in [1.82, 2.24) is 5.32 Å². The van der Waals surface area contributed by atoms with Gasteiger partial charge in [-0.3, -0.25) is 0 Å². The lowest BCUT2D eigenvalue weighted by Gasteiger charge is -2.26. The van der Waals surface area contributed by atoms with E-state index in [1.807, 2.05) is 0 Å². The predicted octanol–water partition coefficient (Wildman–Crippen LogP) is 2.81. The number of piperidine rings is 1. The second-order valence-corrected chi connectivity index (χ2v) is 3.73. The molecule has 1 aliphatic rings. The lowest BCUT2D eigenvalue weighted by molar-refractivity contribution is -0.138. The van der Waals surface area contributed by atoms with E-state index in [2.05, 4.69) is 5.32 Å². The van der Waals surface area contributed by atoms with Crippen LogP contribution in [0.15, 0.2) is 0 Å². The third-order valence-electron chi connectivity index (χ3n) is 2.49. The summed E-state index contributed by atoms with van der Waals surface area (Å²) in [5.74, 6) is 0. The molecule has 0 aliphatic carbocycles. The molecule has 0 aromatic heterocycles. The van der Waals surface area contributed by atoms with E-state index >= 15 is 0 Å². The zero-order valence-electron chi connectivity index (χ0n) is 7.91. The SMILES string of the molecule is FC(CCC(F)(F)F)C1CCCCN1. The van der Waals surface area contributed by atoms with E-state index in [1.54, 1.807) is 0 Å². The monoisotopic (exact) mass is 213 g/mol. The molecular formula is C9H15F4N. The van der Waals surface area contributed by atoms with Gasteiger partial charge < -0.3 is 5.32 Å². The predicted molar refractivity (Wildman–Crippen MR) is 45.8 cm³/mol. The highest BCUT2D eigenvalue weighted by molar-refractivity contribution is 4.80. The summed E-state index contributed by atoms with van der Waals surface area (Å²) in [6, 6.07) is -0.369. The lowest BCUT2D eigenvalue weighted by atomic mass is 9.98. The van der Waals surface area contributed by atoms with Gasteiger partial charge in [0.05, 0.1) is 0 Å². The number of halogens is 4. The average Bonchev–Trinajstić information content (AvgIpc) is 2.14. The molecule has 0 bridgehead atoms. The Morgan fingerprint density at radius 3 is 2.50 bits per heavy atom. The van der Waals surface area contributed by atoms with Crippen LogP contribution in [-0.4, -0.2) is 24.9 Å². The molecule has 0 spiro atoms. The molecule has 84 valence electrons. The molecule has 5 heteroatoms. The molecule has 1 nitrogen and oxygen atoms in total. The highest BCUT2D eigenvalue weighted by Crippen LogP contribution is 2.25. The first-order valence-electron chi connectivity index (χ1n) is 4.93. The van der Waals surface area contributed by atoms with E-state index in [-0.39, 0.29) is 6.04 Å². The van der Waals surface area contributed by atoms with E-state index in [0.717, 1.165) is 19.4 Å². The minimum Gasteiger partial charge on any atom is -0.311 e. The molecule has 1 heterocycles. The fourth-order valence-electron chi connectivity index (χ4n) is 1.69. The highest BCUT2D eigenvalue weighted by Gasteiger charge is 2.31. The summed E-state index contributed by atoms with van der Waals surface area (Å²) in [7, 11) is 0. The number of nitrogens with one attached hydrogen (secondary N) is 1. The van der Waals surface area contributed by atoms with E-state index in [9.17, 15) is 17.6 Å². The first-order chi connectivity index (χ1) is 6.49. The summed E-state index contributed by atoms with van der Waals surface area (Å²) in [5.41, 5.74) is 0. The largest absolute Gasteiger partial charge is 0.389 e. The second-order valence-electron chi connectivity index (χ2n) is 3.73. The average molecular weight is 213 g/mol. The van der Waals surface area contributed by atoms with Crippen LogP contribution in [-0.2, 0) is 0 Å². The Labute approximate surface area is 80.9 Å². The maximum absolute atomic E-state index is 13.3. The van der Waals surface area contributed by atoms with Gasteiger partial charge in [-0.25, -0.2) is 4.39 Å². The van der Waals surface area contributed by atoms with Crippen LogP contribution < -0.4 is 5.32 Å². The maximum Gasteiger partial charge on any atom is 0.389 e. The summed E-state index contributed by atoms with van der Waals surface area (Å²) in [4.78, 5) is 0. The van der Waals surface area contributed by atoms with Crippen molar-refractivity contribution in [3.63, 3.8) is 0 Å². The number of alkyl halides is 4. The summed E-state index contributed by atoms with van der Waals surface area (Å²) in [6.07, 6.45) is -4.49. The van der Waals surface area contributed by atoms with Gasteiger partial charge in [0.15, 0.2) is 0 Å². The molecule has 0 aromatic rings. The number of hydrogen-bond acceptors (Lipinski definition) is 1. The molecule has 1 saturated heterocycles. The van der Waals surface area contributed by atoms with Gasteiger partial charge >= 0.3 is 6.18 Å². The minimum absolute atomic E-state index is 0.369. The second kappa shape index (κ2) is 4.96. The molecule has 0 aromatic carbocycles. The zero-order chi connectivity index (χ0) is 10.6. The van der Waals surface area contributed by atoms with Crippen LogP contribution >= 0.6 is 0 Å². The quantitative estimate of drug-likeness (QED) is 0.711. The van der Waals surface area contributed by atoms with Gasteiger partial charge in [0, 0.05) is 12.5 Å². The number of rotatable bonds is 3. The summed E-state index contributed by atoms with van der Waals surface area (Å²) in [5, 5.41) is 2.91. The molecule has 0 amide bonds. The van der Waals surface area contributed by atoms with Crippen LogP contribution in [0.3, 0.4) is 0 Å². The van der Waals surface area contributed by atoms with Crippen molar-refractivity contribution in [2.45, 2.75) is 50.5 Å². The van der Waals surface area contributed by atoms with E-state index in [4.69, 9.17) is 0 Å². The van der Waals surface area contributed by atoms with Crippen molar-refractivity contribution >= 4 is 0 Å². The van der Waals surface area contributed by atoms with Gasteiger partial charge in [-0.05, 0) is 25.8 Å². The zero-order valence-corrected chi connectivity index (χ0v) is 7.91. The fraction of sp³-hybridized carbons (Fsp3) is 1.00. The van der Waals surface area contributed by atoms with Gasteiger partial charge in [0.2, 0.25) is 0 Å². The highest BCUT2D eigenvalue weighted by atomic mass is 19.4. The molecule has 1 N–H and O–H groups in total. The van der Waals surface area contributed by atoms with Crippen molar-refractivity contribution < 1.29 is 17.6 Å². The normalized spacial score (nSPS) is 26.1. The van der Waals surface area contributed by atoms with Crippen LogP contribution in [0.1, 0.15) is 32.1 Å². The molecule has 2 unspecified atom stereocenters. The molecule has 14 heavy (non-hydrogen) atoms. The van der Waals surface area contributed by atoms with Gasteiger partial charge in [0.1, 0.15) is 6.17 Å². The van der Waals surface area contributed by atoms with Crippen molar-refractivity contribution in [2.24, 2.45) is 0 Å². The van der Waals surface area contributed by atoms with Crippen LogP contribution in [0.4, 0.5) is 17.6 Å². The third kappa shape index (κ3) is 4.26. The summed E-state index contributed by atoms with van der Waals surface area (Å²) in [6.45, 7) is 0.719. The van der Waals surface area contributed by atoms with E-state index < -0.39 is 25.2 Å². The van der Waals surface area contributed by atoms with Crippen molar-refractivity contribution in [2.75, 3.05) is 6.54 Å². The maximum atomic E-state index is 13.3. The summed E-state index contributed by atoms with van der Waals surface area (Å²) >= 11 is 0. The first-order valence-corrected chi connectivity index (χ1v) is 4.93. The molecule has 0 radical (unpaired) electrons. The smallest absolute Gasteiger partial charge is 0.311 e. The van der Waals surface area contributed by atoms with Gasteiger partial charge in [-0.15, -0.1) is 0 Å². The minimum atomic E-state index is -4.24. The Bertz CT molecular complexity index is 163. The lowest BCUT2D eigenvalue weighted by Crippen LogP contribution is -2.41. The Morgan fingerprint density at radius 1 is 1.29 bits per heavy atom.